The molecule has 5 rings (SSSR count). The van der Waals surface area contributed by atoms with Crippen molar-refractivity contribution in [3.63, 3.8) is 0 Å². The first-order chi connectivity index (χ1) is 16.2. The van der Waals surface area contributed by atoms with Crippen LogP contribution in [-0.4, -0.2) is 30.4 Å². The Hall–Kier alpha value is -3.11. The van der Waals surface area contributed by atoms with E-state index in [-0.39, 0.29) is 11.9 Å². The van der Waals surface area contributed by atoms with Gasteiger partial charge in [-0.25, -0.2) is 0 Å². The topological polar surface area (TPSA) is 41.6 Å². The van der Waals surface area contributed by atoms with Crippen LogP contribution in [0.2, 0.25) is 0 Å². The number of ether oxygens (including phenoxy) is 1. The zero-order chi connectivity index (χ0) is 22.5. The van der Waals surface area contributed by atoms with E-state index in [0.29, 0.717) is 13.2 Å². The number of hydrogen-bond acceptors (Lipinski definition) is 3. The lowest BCUT2D eigenvalue weighted by Gasteiger charge is -2.29. The summed E-state index contributed by atoms with van der Waals surface area (Å²) in [5.41, 5.74) is 3.05. The predicted molar refractivity (Wildman–Crippen MR) is 131 cm³/mol. The molecule has 0 bridgehead atoms. The molecule has 1 N–H and O–H groups in total. The lowest BCUT2D eigenvalue weighted by Crippen LogP contribution is -2.41. The van der Waals surface area contributed by atoms with Gasteiger partial charge in [-0.1, -0.05) is 72.8 Å². The van der Waals surface area contributed by atoms with Gasteiger partial charge in [0.05, 0.1) is 11.5 Å². The van der Waals surface area contributed by atoms with Crippen molar-refractivity contribution in [1.82, 2.24) is 10.2 Å². The summed E-state index contributed by atoms with van der Waals surface area (Å²) in [6.45, 7) is 3.37. The lowest BCUT2D eigenvalue weighted by molar-refractivity contribution is -0.123. The minimum Gasteiger partial charge on any atom is -0.489 e. The molecule has 170 valence electrons. The van der Waals surface area contributed by atoms with Crippen molar-refractivity contribution in [2.24, 2.45) is 0 Å². The molecule has 0 aromatic heterocycles. The highest BCUT2D eigenvalue weighted by molar-refractivity contribution is 5.91. The predicted octanol–water partition coefficient (Wildman–Crippen LogP) is 5.25. The Morgan fingerprint density at radius 2 is 1.61 bits per heavy atom. The zero-order valence-electron chi connectivity index (χ0n) is 19.1. The van der Waals surface area contributed by atoms with Crippen LogP contribution in [0.3, 0.4) is 0 Å². The molecule has 4 heteroatoms. The van der Waals surface area contributed by atoms with Gasteiger partial charge in [0.2, 0.25) is 5.91 Å². The van der Waals surface area contributed by atoms with Crippen LogP contribution in [0.1, 0.15) is 48.4 Å². The molecule has 1 saturated carbocycles. The number of likely N-dealkylation sites (tertiary alicyclic amines) is 1. The van der Waals surface area contributed by atoms with Crippen LogP contribution < -0.4 is 10.1 Å². The second kappa shape index (κ2) is 9.80. The third-order valence-electron chi connectivity index (χ3n) is 7.04. The van der Waals surface area contributed by atoms with Gasteiger partial charge in [0.15, 0.2) is 0 Å². The normalized spacial score (nSPS) is 17.9. The second-order valence-electron chi connectivity index (χ2n) is 9.26. The van der Waals surface area contributed by atoms with Crippen LogP contribution in [0, 0.1) is 0 Å². The van der Waals surface area contributed by atoms with E-state index >= 15 is 0 Å². The minimum absolute atomic E-state index is 0.142. The van der Waals surface area contributed by atoms with Crippen molar-refractivity contribution >= 4 is 5.91 Å². The fourth-order valence-corrected chi connectivity index (χ4v) is 4.94. The van der Waals surface area contributed by atoms with Crippen LogP contribution in [0.15, 0.2) is 84.9 Å². The Morgan fingerprint density at radius 1 is 0.909 bits per heavy atom. The van der Waals surface area contributed by atoms with E-state index in [9.17, 15) is 4.79 Å². The molecule has 1 atom stereocenters. The van der Waals surface area contributed by atoms with Crippen LogP contribution in [0.4, 0.5) is 0 Å². The molecule has 2 fully saturated rings. The van der Waals surface area contributed by atoms with Crippen molar-refractivity contribution in [1.29, 1.82) is 0 Å². The van der Waals surface area contributed by atoms with Crippen LogP contribution in [0.25, 0.3) is 0 Å². The van der Waals surface area contributed by atoms with E-state index in [2.05, 4.69) is 58.7 Å². The average Bonchev–Trinajstić information content (AvgIpc) is 3.52. The first-order valence-corrected chi connectivity index (χ1v) is 12.1. The Kier molecular flexibility index (Phi) is 6.45. The van der Waals surface area contributed by atoms with Crippen molar-refractivity contribution in [2.75, 3.05) is 19.6 Å². The third-order valence-corrected chi connectivity index (χ3v) is 7.04. The van der Waals surface area contributed by atoms with Crippen LogP contribution >= 0.6 is 0 Å². The van der Waals surface area contributed by atoms with Crippen molar-refractivity contribution in [3.8, 4) is 5.75 Å². The standard InChI is InChI=1S/C29H32N2O2/c32-28(30-21-27(31-18-7-8-19-31)24-12-5-2-6-13-24)29(16-17-29)25-14-9-15-26(20-25)33-22-23-10-3-1-4-11-23/h1-6,9-15,20,27H,7-8,16-19,21-22H2,(H,30,32). The highest BCUT2D eigenvalue weighted by Gasteiger charge is 2.51. The van der Waals surface area contributed by atoms with Gasteiger partial charge < -0.3 is 10.1 Å². The van der Waals surface area contributed by atoms with E-state index < -0.39 is 5.41 Å². The van der Waals surface area contributed by atoms with E-state index in [4.69, 9.17) is 4.74 Å². The van der Waals surface area contributed by atoms with Crippen molar-refractivity contribution in [2.45, 2.75) is 43.7 Å². The van der Waals surface area contributed by atoms with Gasteiger partial charge in [-0.2, -0.15) is 0 Å². The SMILES string of the molecule is O=C(NCC(c1ccccc1)N1CCCC1)C1(c2cccc(OCc3ccccc3)c2)CC1. The smallest absolute Gasteiger partial charge is 0.230 e. The van der Waals surface area contributed by atoms with Gasteiger partial charge in [-0.15, -0.1) is 0 Å². The molecule has 0 radical (unpaired) electrons. The molecule has 1 aliphatic heterocycles. The summed E-state index contributed by atoms with van der Waals surface area (Å²) in [7, 11) is 0. The molecule has 0 spiro atoms. The van der Waals surface area contributed by atoms with E-state index in [1.807, 2.05) is 36.4 Å². The summed E-state index contributed by atoms with van der Waals surface area (Å²) < 4.78 is 6.02. The number of benzene rings is 3. The third kappa shape index (κ3) is 4.96. The quantitative estimate of drug-likeness (QED) is 0.494. The minimum atomic E-state index is -0.418. The number of nitrogens with one attached hydrogen (secondary N) is 1. The number of nitrogens with zero attached hydrogens (tertiary/aromatic N) is 1. The molecule has 4 nitrogen and oxygen atoms in total. The van der Waals surface area contributed by atoms with Gasteiger partial charge in [-0.05, 0) is 67.6 Å². The Balaban J connectivity index is 1.25. The molecule has 1 unspecified atom stereocenters. The maximum Gasteiger partial charge on any atom is 0.230 e. The monoisotopic (exact) mass is 440 g/mol. The molecule has 3 aromatic rings. The first-order valence-electron chi connectivity index (χ1n) is 12.1. The lowest BCUT2D eigenvalue weighted by atomic mass is 9.94. The number of carbonyl (C=O) groups is 1. The summed E-state index contributed by atoms with van der Waals surface area (Å²) in [5.74, 6) is 0.956. The Labute approximate surface area is 196 Å². The highest BCUT2D eigenvalue weighted by Crippen LogP contribution is 2.49. The van der Waals surface area contributed by atoms with Crippen LogP contribution in [0.5, 0.6) is 5.75 Å². The molecular weight excluding hydrogens is 408 g/mol. The van der Waals surface area contributed by atoms with E-state index in [1.165, 1.54) is 18.4 Å². The number of rotatable bonds is 9. The van der Waals surface area contributed by atoms with E-state index in [0.717, 1.165) is 42.8 Å². The fraction of sp³-hybridized carbons (Fsp3) is 0.345. The summed E-state index contributed by atoms with van der Waals surface area (Å²) in [6, 6.07) is 29.0. The molecule has 1 amide bonds. The average molecular weight is 441 g/mol. The molecule has 3 aromatic carbocycles. The van der Waals surface area contributed by atoms with Gasteiger partial charge >= 0.3 is 0 Å². The summed E-state index contributed by atoms with van der Waals surface area (Å²) in [5, 5.41) is 3.32. The van der Waals surface area contributed by atoms with E-state index in [1.54, 1.807) is 0 Å². The number of hydrogen-bond donors (Lipinski definition) is 1. The number of carbonyl (C=O) groups excluding carboxylic acids is 1. The maximum absolute atomic E-state index is 13.4. The first kappa shape index (κ1) is 21.7. The van der Waals surface area contributed by atoms with Crippen molar-refractivity contribution in [3.05, 3.63) is 102 Å². The Morgan fingerprint density at radius 3 is 2.30 bits per heavy atom. The molecule has 1 aliphatic carbocycles. The highest BCUT2D eigenvalue weighted by atomic mass is 16.5. The summed E-state index contributed by atoms with van der Waals surface area (Å²) in [6.07, 6.45) is 4.25. The number of amides is 1. The summed E-state index contributed by atoms with van der Waals surface area (Å²) >= 11 is 0. The van der Waals surface area contributed by atoms with Crippen LogP contribution in [-0.2, 0) is 16.8 Å². The fourth-order valence-electron chi connectivity index (χ4n) is 4.94. The van der Waals surface area contributed by atoms with Gasteiger partial charge in [-0.3, -0.25) is 9.69 Å². The Bertz CT molecular complexity index is 1060. The van der Waals surface area contributed by atoms with Gasteiger partial charge in [0, 0.05) is 6.54 Å². The largest absolute Gasteiger partial charge is 0.489 e. The van der Waals surface area contributed by atoms with Gasteiger partial charge in [0.25, 0.3) is 0 Å². The molecule has 1 saturated heterocycles. The molecule has 1 heterocycles. The molecule has 33 heavy (non-hydrogen) atoms. The zero-order valence-corrected chi connectivity index (χ0v) is 19.1. The summed E-state index contributed by atoms with van der Waals surface area (Å²) in [4.78, 5) is 15.9. The van der Waals surface area contributed by atoms with Gasteiger partial charge in [0.1, 0.15) is 12.4 Å². The maximum atomic E-state index is 13.4. The van der Waals surface area contributed by atoms with Crippen molar-refractivity contribution < 1.29 is 9.53 Å². The second-order valence-corrected chi connectivity index (χ2v) is 9.26. The molecule has 2 aliphatic rings. The molecular formula is C29H32N2O2.